The molecule has 1 aliphatic rings. The molecule has 0 bridgehead atoms. The largest absolute Gasteiger partial charge is 0.339 e. The minimum atomic E-state index is 0.874. The zero-order valence-corrected chi connectivity index (χ0v) is 17.4. The number of nitrogens with zero attached hydrogens (tertiary/aromatic N) is 5. The molecule has 27 heavy (non-hydrogen) atoms. The molecule has 4 rings (SSSR count). The number of hydrogen-bond donors (Lipinski definition) is 0. The summed E-state index contributed by atoms with van der Waals surface area (Å²) in [5.74, 6) is 0.874. The first-order chi connectivity index (χ1) is 13.0. The topological polar surface area (TPSA) is 45.2 Å². The van der Waals surface area contributed by atoms with E-state index in [-0.39, 0.29) is 0 Å². The van der Waals surface area contributed by atoms with Crippen LogP contribution in [0, 0.1) is 27.7 Å². The Hall–Kier alpha value is -2.05. The Morgan fingerprint density at radius 2 is 1.78 bits per heavy atom. The summed E-state index contributed by atoms with van der Waals surface area (Å²) in [5, 5.41) is 2.31. The molecule has 0 atom stereocenters. The highest BCUT2D eigenvalue weighted by Crippen LogP contribution is 2.24. The van der Waals surface area contributed by atoms with E-state index in [9.17, 15) is 0 Å². The summed E-state index contributed by atoms with van der Waals surface area (Å²) >= 11 is 1.80. The third kappa shape index (κ3) is 3.96. The maximum atomic E-state index is 4.90. The predicted octanol–water partition coefficient (Wildman–Crippen LogP) is 4.03. The monoisotopic (exact) mass is 381 g/mol. The molecule has 1 fully saturated rings. The maximum Gasteiger partial charge on any atom is 0.226 e. The van der Waals surface area contributed by atoms with Crippen LogP contribution in [0.15, 0.2) is 18.3 Å². The Balaban J connectivity index is 1.52. The number of aryl methyl sites for hydroxylation is 4. The van der Waals surface area contributed by atoms with Gasteiger partial charge in [0, 0.05) is 49.2 Å². The summed E-state index contributed by atoms with van der Waals surface area (Å²) in [7, 11) is 0. The molecule has 3 aromatic rings. The molecule has 0 saturated carbocycles. The van der Waals surface area contributed by atoms with Crippen LogP contribution in [0.3, 0.4) is 0 Å². The molecule has 0 aliphatic carbocycles. The van der Waals surface area contributed by atoms with Crippen LogP contribution >= 0.6 is 11.3 Å². The Labute approximate surface area is 165 Å². The smallest absolute Gasteiger partial charge is 0.226 e. The van der Waals surface area contributed by atoms with E-state index in [1.54, 1.807) is 11.3 Å². The number of anilines is 1. The molecule has 1 saturated heterocycles. The first-order valence-corrected chi connectivity index (χ1v) is 10.5. The van der Waals surface area contributed by atoms with Crippen molar-refractivity contribution >= 4 is 28.2 Å². The molecule has 0 radical (unpaired) electrons. The lowest BCUT2D eigenvalue weighted by atomic mass is 10.1. The highest BCUT2D eigenvalue weighted by molar-refractivity contribution is 7.11. The van der Waals surface area contributed by atoms with Crippen LogP contribution in [0.25, 0.3) is 10.9 Å². The molecule has 142 valence electrons. The molecule has 3 heterocycles. The molecular formula is C21H27N5S. The third-order valence-electron chi connectivity index (χ3n) is 5.41. The standard InChI is InChI=1S/C21H27N5S/c1-14-10-19-16(3)23-21(24-20(19)11-15(14)2)26-7-5-6-25(8-9-26)13-18-12-22-17(4)27-18/h10-12H,5-9,13H2,1-4H3. The normalized spacial score (nSPS) is 16.1. The van der Waals surface area contributed by atoms with Crippen molar-refractivity contribution in [2.75, 3.05) is 31.1 Å². The Morgan fingerprint density at radius 1 is 0.963 bits per heavy atom. The number of benzene rings is 1. The molecule has 0 unspecified atom stereocenters. The predicted molar refractivity (Wildman–Crippen MR) is 113 cm³/mol. The van der Waals surface area contributed by atoms with Gasteiger partial charge in [0.25, 0.3) is 0 Å². The van der Waals surface area contributed by atoms with E-state index in [1.807, 2.05) is 6.20 Å². The van der Waals surface area contributed by atoms with E-state index in [0.29, 0.717) is 0 Å². The van der Waals surface area contributed by atoms with Gasteiger partial charge in [-0.15, -0.1) is 11.3 Å². The van der Waals surface area contributed by atoms with Crippen molar-refractivity contribution in [3.8, 4) is 0 Å². The molecule has 6 heteroatoms. The molecule has 1 aromatic carbocycles. The Morgan fingerprint density at radius 3 is 2.56 bits per heavy atom. The van der Waals surface area contributed by atoms with Crippen molar-refractivity contribution in [2.24, 2.45) is 0 Å². The van der Waals surface area contributed by atoms with Gasteiger partial charge in [-0.25, -0.2) is 15.0 Å². The lowest BCUT2D eigenvalue weighted by Gasteiger charge is -2.22. The SMILES string of the molecule is Cc1ncc(CN2CCCN(c3nc(C)c4cc(C)c(C)cc4n3)CC2)s1. The van der Waals surface area contributed by atoms with Gasteiger partial charge in [-0.1, -0.05) is 0 Å². The van der Waals surface area contributed by atoms with Crippen molar-refractivity contribution < 1.29 is 0 Å². The van der Waals surface area contributed by atoms with Gasteiger partial charge in [-0.05, 0) is 57.4 Å². The molecule has 0 N–H and O–H groups in total. The fraction of sp³-hybridized carbons (Fsp3) is 0.476. The van der Waals surface area contributed by atoms with E-state index in [1.165, 1.54) is 21.4 Å². The lowest BCUT2D eigenvalue weighted by molar-refractivity contribution is 0.288. The van der Waals surface area contributed by atoms with Gasteiger partial charge in [0.1, 0.15) is 0 Å². The molecule has 1 aliphatic heterocycles. The summed E-state index contributed by atoms with van der Waals surface area (Å²) in [6, 6.07) is 4.41. The van der Waals surface area contributed by atoms with Gasteiger partial charge in [0.15, 0.2) is 0 Å². The Kier molecular flexibility index (Phi) is 5.10. The van der Waals surface area contributed by atoms with Crippen LogP contribution in [0.5, 0.6) is 0 Å². The summed E-state index contributed by atoms with van der Waals surface area (Å²) in [6.45, 7) is 13.6. The molecule has 5 nitrogen and oxygen atoms in total. The zero-order chi connectivity index (χ0) is 19.0. The number of thiazole rings is 1. The van der Waals surface area contributed by atoms with Crippen molar-refractivity contribution in [3.05, 3.63) is 45.0 Å². The fourth-order valence-corrected chi connectivity index (χ4v) is 4.53. The van der Waals surface area contributed by atoms with Crippen LogP contribution in [0.1, 0.15) is 33.1 Å². The van der Waals surface area contributed by atoms with E-state index in [2.05, 4.69) is 54.6 Å². The van der Waals surface area contributed by atoms with Gasteiger partial charge in [0.2, 0.25) is 5.95 Å². The van der Waals surface area contributed by atoms with Crippen LogP contribution in [0.4, 0.5) is 5.95 Å². The summed E-state index contributed by atoms with van der Waals surface area (Å²) in [6.07, 6.45) is 3.15. The van der Waals surface area contributed by atoms with Crippen LogP contribution in [0.2, 0.25) is 0 Å². The minimum absolute atomic E-state index is 0.874. The van der Waals surface area contributed by atoms with Gasteiger partial charge in [-0.2, -0.15) is 0 Å². The first kappa shape index (κ1) is 18.3. The summed E-state index contributed by atoms with van der Waals surface area (Å²) in [4.78, 5) is 20.3. The summed E-state index contributed by atoms with van der Waals surface area (Å²) < 4.78 is 0. The fourth-order valence-electron chi connectivity index (χ4n) is 3.70. The van der Waals surface area contributed by atoms with Crippen molar-refractivity contribution in [3.63, 3.8) is 0 Å². The lowest BCUT2D eigenvalue weighted by Crippen LogP contribution is -2.31. The van der Waals surface area contributed by atoms with E-state index in [4.69, 9.17) is 9.97 Å². The molecule has 2 aromatic heterocycles. The zero-order valence-electron chi connectivity index (χ0n) is 16.6. The second-order valence-electron chi connectivity index (χ2n) is 7.52. The molecule has 0 amide bonds. The number of rotatable bonds is 3. The maximum absolute atomic E-state index is 4.90. The van der Waals surface area contributed by atoms with Gasteiger partial charge in [-0.3, -0.25) is 4.90 Å². The second kappa shape index (κ2) is 7.52. The van der Waals surface area contributed by atoms with E-state index in [0.717, 1.165) is 61.3 Å². The van der Waals surface area contributed by atoms with Crippen molar-refractivity contribution in [2.45, 2.75) is 40.7 Å². The van der Waals surface area contributed by atoms with Gasteiger partial charge >= 0.3 is 0 Å². The van der Waals surface area contributed by atoms with Crippen LogP contribution < -0.4 is 4.90 Å². The quantitative estimate of drug-likeness (QED) is 0.685. The third-order valence-corrected chi connectivity index (χ3v) is 6.31. The number of aromatic nitrogens is 3. The highest BCUT2D eigenvalue weighted by Gasteiger charge is 2.19. The minimum Gasteiger partial charge on any atom is -0.339 e. The van der Waals surface area contributed by atoms with Crippen molar-refractivity contribution in [1.29, 1.82) is 0 Å². The average molecular weight is 382 g/mol. The summed E-state index contributed by atoms with van der Waals surface area (Å²) in [5.41, 5.74) is 4.71. The van der Waals surface area contributed by atoms with Crippen LogP contribution in [-0.2, 0) is 6.54 Å². The second-order valence-corrected chi connectivity index (χ2v) is 8.84. The molecular weight excluding hydrogens is 354 g/mol. The number of hydrogen-bond acceptors (Lipinski definition) is 6. The van der Waals surface area contributed by atoms with E-state index >= 15 is 0 Å². The van der Waals surface area contributed by atoms with Gasteiger partial charge in [0.05, 0.1) is 16.2 Å². The molecule has 0 spiro atoms. The van der Waals surface area contributed by atoms with Crippen LogP contribution in [-0.4, -0.2) is 46.0 Å². The highest BCUT2D eigenvalue weighted by atomic mass is 32.1. The average Bonchev–Trinajstić information content (AvgIpc) is 2.89. The Bertz CT molecular complexity index is 965. The van der Waals surface area contributed by atoms with E-state index < -0.39 is 0 Å². The first-order valence-electron chi connectivity index (χ1n) is 9.64. The number of fused-ring (bicyclic) bond motifs is 1. The van der Waals surface area contributed by atoms with Crippen molar-refractivity contribution in [1.82, 2.24) is 19.9 Å². The van der Waals surface area contributed by atoms with Gasteiger partial charge < -0.3 is 4.90 Å².